The average molecular weight is 342 g/mol. The third-order valence-electron chi connectivity index (χ3n) is 3.22. The lowest BCUT2D eigenvalue weighted by Gasteiger charge is -2.37. The molecule has 0 radical (unpaired) electrons. The highest BCUT2D eigenvalue weighted by molar-refractivity contribution is 7.09. The summed E-state index contributed by atoms with van der Waals surface area (Å²) in [6, 6.07) is 0.175. The van der Waals surface area contributed by atoms with Gasteiger partial charge in [0.25, 0.3) is 0 Å². The zero-order valence-electron chi connectivity index (χ0n) is 15.7. The van der Waals surface area contributed by atoms with Crippen LogP contribution in [0.2, 0.25) is 0 Å². The van der Waals surface area contributed by atoms with Crippen molar-refractivity contribution in [2.24, 2.45) is 0 Å². The van der Waals surface area contributed by atoms with Gasteiger partial charge in [0.05, 0.1) is 6.04 Å². The van der Waals surface area contributed by atoms with Crippen LogP contribution in [0.15, 0.2) is 5.38 Å². The molecule has 23 heavy (non-hydrogen) atoms. The highest BCUT2D eigenvalue weighted by Gasteiger charge is 2.30. The Morgan fingerprint density at radius 1 is 1.35 bits per heavy atom. The summed E-state index contributed by atoms with van der Waals surface area (Å²) >= 11 is 1.66. The first kappa shape index (κ1) is 19.9. The van der Waals surface area contributed by atoms with E-state index < -0.39 is 5.60 Å². The van der Waals surface area contributed by atoms with E-state index in [9.17, 15) is 4.79 Å². The van der Waals surface area contributed by atoms with Gasteiger partial charge in [-0.05, 0) is 55.4 Å². The first-order valence-electron chi connectivity index (χ1n) is 8.06. The van der Waals surface area contributed by atoms with Crippen LogP contribution in [-0.2, 0) is 4.74 Å². The molecule has 0 aliphatic heterocycles. The van der Waals surface area contributed by atoms with Crippen LogP contribution in [0.3, 0.4) is 0 Å². The van der Waals surface area contributed by atoms with Crippen molar-refractivity contribution in [3.05, 3.63) is 16.1 Å². The third-order valence-corrected chi connectivity index (χ3v) is 4.36. The number of carbonyl (C=O) groups is 1. The predicted octanol–water partition coefficient (Wildman–Crippen LogP) is 4.14. The predicted molar refractivity (Wildman–Crippen MR) is 96.0 cm³/mol. The van der Waals surface area contributed by atoms with Crippen molar-refractivity contribution in [1.29, 1.82) is 0 Å². The molecular formula is C17H31N3O2S. The van der Waals surface area contributed by atoms with Gasteiger partial charge in [-0.2, -0.15) is 0 Å². The van der Waals surface area contributed by atoms with Gasteiger partial charge in [0, 0.05) is 29.7 Å². The normalized spacial score (nSPS) is 13.7. The van der Waals surface area contributed by atoms with Crippen LogP contribution in [-0.4, -0.2) is 40.2 Å². The number of amides is 1. The summed E-state index contributed by atoms with van der Waals surface area (Å²) in [6.45, 7) is 17.1. The van der Waals surface area contributed by atoms with Crippen LogP contribution >= 0.6 is 11.3 Å². The molecule has 1 amide bonds. The summed E-state index contributed by atoms with van der Waals surface area (Å²) in [5, 5.41) is 6.55. The Hall–Kier alpha value is -1.14. The van der Waals surface area contributed by atoms with E-state index in [4.69, 9.17) is 4.74 Å². The number of ether oxygens (including phenoxy) is 1. The lowest BCUT2D eigenvalue weighted by molar-refractivity contribution is 0.00649. The molecule has 6 heteroatoms. The van der Waals surface area contributed by atoms with E-state index in [0.29, 0.717) is 13.1 Å². The van der Waals surface area contributed by atoms with E-state index in [2.05, 4.69) is 22.6 Å². The van der Waals surface area contributed by atoms with Crippen LogP contribution < -0.4 is 5.32 Å². The van der Waals surface area contributed by atoms with Crippen molar-refractivity contribution in [2.75, 3.05) is 13.1 Å². The molecule has 0 aliphatic carbocycles. The number of thiazole rings is 1. The van der Waals surface area contributed by atoms with Gasteiger partial charge in [-0.25, -0.2) is 9.78 Å². The Bertz CT molecular complexity index is 515. The Morgan fingerprint density at radius 3 is 2.39 bits per heavy atom. The van der Waals surface area contributed by atoms with Gasteiger partial charge < -0.3 is 15.0 Å². The molecule has 1 N–H and O–H groups in total. The standard InChI is InChI=1S/C17H31N3O2S/c1-12-11-23-14(19-12)13(2)18-9-10-20(16(3,4)5)15(21)22-17(6,7)8/h11,13,18H,9-10H2,1-8H3. The van der Waals surface area contributed by atoms with Crippen molar-refractivity contribution in [1.82, 2.24) is 15.2 Å². The molecule has 1 heterocycles. The van der Waals surface area contributed by atoms with Crippen molar-refractivity contribution in [3.63, 3.8) is 0 Å². The van der Waals surface area contributed by atoms with Gasteiger partial charge in [-0.3, -0.25) is 0 Å². The maximum atomic E-state index is 12.4. The molecule has 1 atom stereocenters. The summed E-state index contributed by atoms with van der Waals surface area (Å²) < 4.78 is 5.52. The summed E-state index contributed by atoms with van der Waals surface area (Å²) in [6.07, 6.45) is -0.274. The molecule has 0 fully saturated rings. The topological polar surface area (TPSA) is 54.5 Å². The average Bonchev–Trinajstić information content (AvgIpc) is 2.77. The molecule has 1 aromatic rings. The quantitative estimate of drug-likeness (QED) is 0.874. The molecular weight excluding hydrogens is 310 g/mol. The molecule has 0 saturated heterocycles. The molecule has 1 aromatic heterocycles. The molecule has 0 saturated carbocycles. The number of nitrogens with one attached hydrogen (secondary N) is 1. The Kier molecular flexibility index (Phi) is 6.59. The number of aromatic nitrogens is 1. The lowest BCUT2D eigenvalue weighted by atomic mass is 10.1. The number of nitrogens with zero attached hydrogens (tertiary/aromatic N) is 2. The molecule has 0 spiro atoms. The van der Waals surface area contributed by atoms with Crippen molar-refractivity contribution >= 4 is 17.4 Å². The van der Waals surface area contributed by atoms with Crippen molar-refractivity contribution in [3.8, 4) is 0 Å². The monoisotopic (exact) mass is 341 g/mol. The van der Waals surface area contributed by atoms with Gasteiger partial charge in [-0.1, -0.05) is 0 Å². The minimum atomic E-state index is -0.486. The Morgan fingerprint density at radius 2 is 1.96 bits per heavy atom. The number of hydrogen-bond donors (Lipinski definition) is 1. The zero-order chi connectivity index (χ0) is 17.8. The number of carbonyl (C=O) groups excluding carboxylic acids is 1. The van der Waals surface area contributed by atoms with Crippen LogP contribution in [0.1, 0.15) is 65.2 Å². The second-order valence-corrected chi connectivity index (χ2v) is 8.70. The summed E-state index contributed by atoms with van der Waals surface area (Å²) in [5.41, 5.74) is 0.272. The summed E-state index contributed by atoms with van der Waals surface area (Å²) in [5.74, 6) is 0. The Labute approximate surface area is 144 Å². The summed E-state index contributed by atoms with van der Waals surface area (Å²) in [4.78, 5) is 18.7. The number of rotatable bonds is 5. The van der Waals surface area contributed by atoms with Gasteiger partial charge in [0.2, 0.25) is 0 Å². The van der Waals surface area contributed by atoms with Crippen molar-refractivity contribution in [2.45, 2.75) is 72.6 Å². The van der Waals surface area contributed by atoms with Crippen molar-refractivity contribution < 1.29 is 9.53 Å². The van der Waals surface area contributed by atoms with E-state index in [1.807, 2.05) is 48.5 Å². The Balaban J connectivity index is 2.60. The zero-order valence-corrected chi connectivity index (χ0v) is 16.5. The fourth-order valence-electron chi connectivity index (χ4n) is 2.07. The second kappa shape index (κ2) is 7.62. The highest BCUT2D eigenvalue weighted by atomic mass is 32.1. The molecule has 1 unspecified atom stereocenters. The van der Waals surface area contributed by atoms with E-state index in [1.54, 1.807) is 16.2 Å². The van der Waals surface area contributed by atoms with Crippen LogP contribution in [0.5, 0.6) is 0 Å². The number of aryl methyl sites for hydroxylation is 1. The molecule has 0 aliphatic rings. The first-order chi connectivity index (χ1) is 10.4. The van der Waals surface area contributed by atoms with Gasteiger partial charge in [0.1, 0.15) is 10.6 Å². The largest absolute Gasteiger partial charge is 0.444 e. The third kappa shape index (κ3) is 6.87. The molecule has 1 rings (SSSR count). The van der Waals surface area contributed by atoms with Crippen LogP contribution in [0.25, 0.3) is 0 Å². The molecule has 5 nitrogen and oxygen atoms in total. The fourth-order valence-corrected chi connectivity index (χ4v) is 2.90. The number of hydrogen-bond acceptors (Lipinski definition) is 5. The first-order valence-corrected chi connectivity index (χ1v) is 8.94. The van der Waals surface area contributed by atoms with Crippen LogP contribution in [0, 0.1) is 6.92 Å². The van der Waals surface area contributed by atoms with E-state index >= 15 is 0 Å². The minimum Gasteiger partial charge on any atom is -0.444 e. The maximum absolute atomic E-state index is 12.4. The van der Waals surface area contributed by atoms with Gasteiger partial charge >= 0.3 is 6.09 Å². The van der Waals surface area contributed by atoms with Gasteiger partial charge in [0.15, 0.2) is 0 Å². The van der Waals surface area contributed by atoms with Gasteiger partial charge in [-0.15, -0.1) is 11.3 Å². The molecule has 0 bridgehead atoms. The van der Waals surface area contributed by atoms with E-state index in [1.165, 1.54) is 0 Å². The van der Waals surface area contributed by atoms with E-state index in [0.717, 1.165) is 10.7 Å². The smallest absolute Gasteiger partial charge is 0.410 e. The summed E-state index contributed by atoms with van der Waals surface area (Å²) in [7, 11) is 0. The molecule has 0 aromatic carbocycles. The maximum Gasteiger partial charge on any atom is 0.410 e. The van der Waals surface area contributed by atoms with E-state index in [-0.39, 0.29) is 17.7 Å². The lowest BCUT2D eigenvalue weighted by Crippen LogP contribution is -2.50. The second-order valence-electron chi connectivity index (χ2n) is 7.81. The SMILES string of the molecule is Cc1csc(C(C)NCCN(C(=O)OC(C)(C)C)C(C)(C)C)n1. The van der Waals surface area contributed by atoms with Crippen LogP contribution in [0.4, 0.5) is 4.79 Å². The highest BCUT2D eigenvalue weighted by Crippen LogP contribution is 2.19. The molecule has 132 valence electrons. The fraction of sp³-hybridized carbons (Fsp3) is 0.765. The minimum absolute atomic E-state index is 0.175.